The van der Waals surface area contributed by atoms with Crippen molar-refractivity contribution in [3.05, 3.63) is 67.0 Å². The van der Waals surface area contributed by atoms with E-state index in [1.807, 2.05) is 22.7 Å². The number of aryl methyl sites for hydroxylation is 2. The van der Waals surface area contributed by atoms with Gasteiger partial charge in [-0.1, -0.05) is 194 Å². The highest BCUT2D eigenvalue weighted by molar-refractivity contribution is 7.27. The Hall–Kier alpha value is -1.46. The minimum atomic E-state index is 0.204. The molecule has 57 heavy (non-hydrogen) atoms. The van der Waals surface area contributed by atoms with E-state index in [9.17, 15) is 0 Å². The topological polar surface area (TPSA) is 0 Å². The van der Waals surface area contributed by atoms with Crippen molar-refractivity contribution in [3.8, 4) is 19.5 Å². The van der Waals surface area contributed by atoms with Crippen molar-refractivity contribution in [3.63, 3.8) is 0 Å². The molecule has 5 rings (SSSR count). The molecule has 0 aromatic carbocycles. The molecule has 0 aliphatic heterocycles. The smallest absolute Gasteiger partial charge is 0.0493 e. The van der Waals surface area contributed by atoms with Crippen LogP contribution in [-0.4, -0.2) is 0 Å². The van der Waals surface area contributed by atoms with Gasteiger partial charge >= 0.3 is 0 Å². The molecule has 4 heteroatoms. The second-order valence-corrected chi connectivity index (χ2v) is 22.5. The summed E-state index contributed by atoms with van der Waals surface area (Å²) in [5.41, 5.74) is 3.59. The van der Waals surface area contributed by atoms with Crippen molar-refractivity contribution in [2.45, 2.75) is 226 Å². The van der Waals surface area contributed by atoms with Crippen molar-refractivity contribution in [2.24, 2.45) is 0 Å². The maximum atomic E-state index is 2.66. The second kappa shape index (κ2) is 26.7. The van der Waals surface area contributed by atoms with E-state index in [1.54, 1.807) is 20.9 Å². The SMILES string of the molecule is CCCCCCCCCCCCCCCCC1(CCCCCCCCCCCCCCCC)c2cc(C)sc2-c2sc(-c3ccc(/C=C/c4ccc(C)s4)s3)cc21. The zero-order valence-electron chi connectivity index (χ0n) is 37.0. The summed E-state index contributed by atoms with van der Waals surface area (Å²) < 4.78 is 0. The molecule has 0 unspecified atom stereocenters. The summed E-state index contributed by atoms with van der Waals surface area (Å²) in [5.74, 6) is 0. The first-order chi connectivity index (χ1) is 28.0. The fourth-order valence-corrected chi connectivity index (χ4v) is 13.7. The Balaban J connectivity index is 1.15. The van der Waals surface area contributed by atoms with Crippen LogP contribution in [0, 0.1) is 13.8 Å². The third kappa shape index (κ3) is 15.2. The average Bonchev–Trinajstić information content (AvgIpc) is 4.05. The fraction of sp³-hybridized carbons (Fsp3) is 0.660. The van der Waals surface area contributed by atoms with E-state index in [1.165, 1.54) is 222 Å². The molecule has 0 N–H and O–H groups in total. The van der Waals surface area contributed by atoms with E-state index in [0.717, 1.165) is 0 Å². The molecule has 4 aromatic heterocycles. The van der Waals surface area contributed by atoms with Gasteiger partial charge < -0.3 is 0 Å². The first-order valence-corrected chi connectivity index (χ1v) is 27.4. The quantitative estimate of drug-likeness (QED) is 0.0419. The summed E-state index contributed by atoms with van der Waals surface area (Å²) in [7, 11) is 0. The Morgan fingerprint density at radius 2 is 0.789 bits per heavy atom. The highest BCUT2D eigenvalue weighted by atomic mass is 32.1. The number of unbranched alkanes of at least 4 members (excludes halogenated alkanes) is 26. The standard InChI is InChI=1S/C53H80S4/c1-5-7-9-11-13-15-17-19-21-23-25-27-29-31-39-53(40-32-30-28-26-24-22-20-18-16-14-12-10-8-6-2)47-41-44(4)55-51(47)52-48(53)42-50(57-52)49-38-37-46(56-49)36-35-45-34-33-43(3)54-45/h33-38,41-42H,5-32,39-40H2,1-4H3/b36-35+. The Morgan fingerprint density at radius 1 is 0.386 bits per heavy atom. The van der Waals surface area contributed by atoms with Crippen molar-refractivity contribution in [1.82, 2.24) is 0 Å². The van der Waals surface area contributed by atoms with Crippen LogP contribution in [0.25, 0.3) is 31.7 Å². The predicted molar refractivity (Wildman–Crippen MR) is 264 cm³/mol. The Labute approximate surface area is 367 Å². The molecule has 4 heterocycles. The Morgan fingerprint density at radius 3 is 1.25 bits per heavy atom. The van der Waals surface area contributed by atoms with Crippen LogP contribution in [0.4, 0.5) is 0 Å². The van der Waals surface area contributed by atoms with Crippen molar-refractivity contribution in [1.29, 1.82) is 0 Å². The number of hydrogen-bond acceptors (Lipinski definition) is 4. The molecule has 316 valence electrons. The summed E-state index contributed by atoms with van der Waals surface area (Å²) in [6, 6.07) is 14.5. The van der Waals surface area contributed by atoms with Gasteiger partial charge in [-0.15, -0.1) is 45.3 Å². The molecule has 0 fully saturated rings. The van der Waals surface area contributed by atoms with Crippen LogP contribution in [0.2, 0.25) is 0 Å². The van der Waals surface area contributed by atoms with Gasteiger partial charge in [0.2, 0.25) is 0 Å². The van der Waals surface area contributed by atoms with E-state index >= 15 is 0 Å². The van der Waals surface area contributed by atoms with Gasteiger partial charge in [0.05, 0.1) is 0 Å². The van der Waals surface area contributed by atoms with Gasteiger partial charge in [-0.05, 0) is 86.4 Å². The molecule has 0 bridgehead atoms. The highest BCUT2D eigenvalue weighted by Crippen LogP contribution is 2.60. The minimum Gasteiger partial charge on any atom is -0.141 e. The predicted octanol–water partition coefficient (Wildman–Crippen LogP) is 20.4. The van der Waals surface area contributed by atoms with Gasteiger partial charge in [-0.2, -0.15) is 0 Å². The molecule has 4 aromatic rings. The molecule has 0 amide bonds. The molecular formula is C53H80S4. The van der Waals surface area contributed by atoms with Crippen LogP contribution in [0.3, 0.4) is 0 Å². The normalized spacial score (nSPS) is 13.3. The van der Waals surface area contributed by atoms with Crippen molar-refractivity contribution >= 4 is 57.5 Å². The Bertz CT molecular complexity index is 1640. The molecule has 0 radical (unpaired) electrons. The van der Waals surface area contributed by atoms with Crippen molar-refractivity contribution in [2.75, 3.05) is 0 Å². The third-order valence-electron chi connectivity index (χ3n) is 12.8. The van der Waals surface area contributed by atoms with E-state index < -0.39 is 0 Å². The summed E-state index contributed by atoms with van der Waals surface area (Å²) in [6.45, 7) is 9.18. The van der Waals surface area contributed by atoms with Gasteiger partial charge in [0.1, 0.15) is 0 Å². The monoisotopic (exact) mass is 845 g/mol. The first-order valence-electron chi connectivity index (χ1n) is 24.1. The van der Waals surface area contributed by atoms with E-state index in [0.29, 0.717) is 0 Å². The second-order valence-electron chi connectivity index (χ2n) is 17.7. The zero-order valence-corrected chi connectivity index (χ0v) is 40.2. The van der Waals surface area contributed by atoms with Crippen LogP contribution in [0.15, 0.2) is 36.4 Å². The Kier molecular flexibility index (Phi) is 21.8. The first kappa shape index (κ1) is 46.6. The molecular weight excluding hydrogens is 765 g/mol. The van der Waals surface area contributed by atoms with E-state index in [4.69, 9.17) is 0 Å². The van der Waals surface area contributed by atoms with Gasteiger partial charge in [-0.3, -0.25) is 0 Å². The lowest BCUT2D eigenvalue weighted by atomic mass is 9.71. The highest BCUT2D eigenvalue weighted by Gasteiger charge is 2.45. The van der Waals surface area contributed by atoms with Crippen LogP contribution < -0.4 is 0 Å². The van der Waals surface area contributed by atoms with Gasteiger partial charge in [0, 0.05) is 44.4 Å². The lowest BCUT2D eigenvalue weighted by molar-refractivity contribution is 0.397. The summed E-state index contributed by atoms with van der Waals surface area (Å²) >= 11 is 8.00. The lowest BCUT2D eigenvalue weighted by Gasteiger charge is -2.31. The van der Waals surface area contributed by atoms with Crippen LogP contribution in [0.5, 0.6) is 0 Å². The molecule has 1 aliphatic carbocycles. The summed E-state index contributed by atoms with van der Waals surface area (Å²) in [5, 5.41) is 0. The summed E-state index contributed by atoms with van der Waals surface area (Å²) in [4.78, 5) is 11.7. The van der Waals surface area contributed by atoms with Gasteiger partial charge in [0.25, 0.3) is 0 Å². The number of hydrogen-bond donors (Lipinski definition) is 0. The zero-order chi connectivity index (χ0) is 40.0. The van der Waals surface area contributed by atoms with E-state index in [-0.39, 0.29) is 5.41 Å². The molecule has 1 aliphatic rings. The van der Waals surface area contributed by atoms with Crippen LogP contribution in [0.1, 0.15) is 237 Å². The maximum Gasteiger partial charge on any atom is 0.0493 e. The van der Waals surface area contributed by atoms with E-state index in [2.05, 4.69) is 98.9 Å². The number of fused-ring (bicyclic) bond motifs is 3. The number of thiophene rings is 4. The van der Waals surface area contributed by atoms with Crippen LogP contribution in [-0.2, 0) is 5.41 Å². The van der Waals surface area contributed by atoms with Gasteiger partial charge in [-0.25, -0.2) is 0 Å². The average molecular weight is 845 g/mol. The van der Waals surface area contributed by atoms with Gasteiger partial charge in [0.15, 0.2) is 0 Å². The minimum absolute atomic E-state index is 0.204. The third-order valence-corrected chi connectivity index (χ3v) is 17.3. The molecule has 0 spiro atoms. The maximum absolute atomic E-state index is 2.66. The largest absolute Gasteiger partial charge is 0.141 e. The summed E-state index contributed by atoms with van der Waals surface area (Å²) in [6.07, 6.45) is 47.3. The van der Waals surface area contributed by atoms with Crippen LogP contribution >= 0.6 is 45.3 Å². The lowest BCUT2D eigenvalue weighted by Crippen LogP contribution is -2.25. The van der Waals surface area contributed by atoms with Crippen molar-refractivity contribution < 1.29 is 0 Å². The molecule has 0 nitrogen and oxygen atoms in total. The molecule has 0 saturated carbocycles. The fourth-order valence-electron chi connectivity index (χ4n) is 9.41. The molecule has 0 saturated heterocycles. The molecule has 0 atom stereocenters. The number of rotatable bonds is 33.